The van der Waals surface area contributed by atoms with E-state index >= 15 is 0 Å². The summed E-state index contributed by atoms with van der Waals surface area (Å²) in [7, 11) is 0. The van der Waals surface area contributed by atoms with Gasteiger partial charge in [0.1, 0.15) is 5.82 Å². The minimum Gasteiger partial charge on any atom is -0.289 e. The number of fused-ring (bicyclic) bond motifs is 3. The topological polar surface area (TPSA) is 17.3 Å². The number of nitrogens with zero attached hydrogens (tertiary/aromatic N) is 2. The molecule has 104 valence electrons. The molecule has 0 saturated carbocycles. The lowest BCUT2D eigenvalue weighted by molar-refractivity contribution is 0.628. The van der Waals surface area contributed by atoms with E-state index in [9.17, 15) is 4.39 Å². The summed E-state index contributed by atoms with van der Waals surface area (Å²) < 4.78 is 16.4. The largest absolute Gasteiger partial charge is 0.289 e. The highest BCUT2D eigenvalue weighted by Gasteiger charge is 2.12. The molecule has 0 bridgehead atoms. The third kappa shape index (κ3) is 1.87. The van der Waals surface area contributed by atoms with Gasteiger partial charge in [-0.25, -0.2) is 9.37 Å². The molecule has 4 heteroatoms. The highest BCUT2D eigenvalue weighted by atomic mass is 32.1. The molecule has 0 atom stereocenters. The van der Waals surface area contributed by atoms with Crippen LogP contribution in [0, 0.1) is 19.7 Å². The number of aromatic nitrogens is 2. The summed E-state index contributed by atoms with van der Waals surface area (Å²) in [5, 5.41) is 0. The van der Waals surface area contributed by atoms with Crippen LogP contribution >= 0.6 is 11.3 Å². The van der Waals surface area contributed by atoms with Crippen LogP contribution in [0.25, 0.3) is 26.4 Å². The van der Waals surface area contributed by atoms with E-state index in [0.717, 1.165) is 16.2 Å². The van der Waals surface area contributed by atoms with Gasteiger partial charge in [-0.1, -0.05) is 17.4 Å². The van der Waals surface area contributed by atoms with E-state index in [1.54, 1.807) is 23.5 Å². The fraction of sp³-hybridized carbons (Fsp3) is 0.118. The molecule has 0 N–H and O–H groups in total. The van der Waals surface area contributed by atoms with Crippen LogP contribution in [0.1, 0.15) is 11.1 Å². The highest BCUT2D eigenvalue weighted by Crippen LogP contribution is 2.32. The normalized spacial score (nSPS) is 11.6. The maximum absolute atomic E-state index is 13.0. The van der Waals surface area contributed by atoms with Gasteiger partial charge in [0.2, 0.25) is 0 Å². The molecule has 2 aromatic heterocycles. The molecule has 2 nitrogen and oxygen atoms in total. The second-order valence-corrected chi connectivity index (χ2v) is 6.25. The Morgan fingerprint density at radius 1 is 1.05 bits per heavy atom. The van der Waals surface area contributed by atoms with Gasteiger partial charge in [0, 0.05) is 11.8 Å². The maximum Gasteiger partial charge on any atom is 0.195 e. The van der Waals surface area contributed by atoms with Gasteiger partial charge in [-0.15, -0.1) is 0 Å². The van der Waals surface area contributed by atoms with Crippen LogP contribution < -0.4 is 0 Å². The monoisotopic (exact) mass is 296 g/mol. The SMILES string of the molecule is Cc1ccc2sc3nc(-c4ccc(F)cc4)cn3c2c1C. The first-order chi connectivity index (χ1) is 10.1. The van der Waals surface area contributed by atoms with E-state index in [0.29, 0.717) is 0 Å². The Hall–Kier alpha value is -2.20. The van der Waals surface area contributed by atoms with Crippen molar-refractivity contribution in [2.24, 2.45) is 0 Å². The summed E-state index contributed by atoms with van der Waals surface area (Å²) in [4.78, 5) is 5.65. The lowest BCUT2D eigenvalue weighted by Crippen LogP contribution is -1.85. The molecule has 21 heavy (non-hydrogen) atoms. The quantitative estimate of drug-likeness (QED) is 0.484. The molecule has 4 rings (SSSR count). The van der Waals surface area contributed by atoms with Gasteiger partial charge in [-0.3, -0.25) is 4.40 Å². The van der Waals surface area contributed by atoms with Crippen LogP contribution in [0.2, 0.25) is 0 Å². The Kier molecular flexibility index (Phi) is 2.62. The zero-order valence-corrected chi connectivity index (χ0v) is 12.5. The second-order valence-electron chi connectivity index (χ2n) is 5.24. The third-order valence-corrected chi connectivity index (χ3v) is 4.94. The molecule has 2 heterocycles. The summed E-state index contributed by atoms with van der Waals surface area (Å²) in [5.41, 5.74) is 5.59. The molecule has 0 saturated heterocycles. The number of aryl methyl sites for hydroxylation is 2. The molecule has 0 amide bonds. The van der Waals surface area contributed by atoms with E-state index in [-0.39, 0.29) is 5.82 Å². The number of imidazole rings is 1. The van der Waals surface area contributed by atoms with Crippen molar-refractivity contribution in [2.45, 2.75) is 13.8 Å². The van der Waals surface area contributed by atoms with Crippen LogP contribution in [0.15, 0.2) is 42.6 Å². The molecule has 0 aliphatic carbocycles. The Balaban J connectivity index is 1.98. The van der Waals surface area contributed by atoms with Crippen LogP contribution in [-0.4, -0.2) is 9.38 Å². The number of hydrogen-bond acceptors (Lipinski definition) is 2. The minimum absolute atomic E-state index is 0.225. The van der Waals surface area contributed by atoms with Gasteiger partial charge in [-0.2, -0.15) is 0 Å². The third-order valence-electron chi connectivity index (χ3n) is 3.92. The lowest BCUT2D eigenvalue weighted by atomic mass is 10.1. The van der Waals surface area contributed by atoms with Gasteiger partial charge < -0.3 is 0 Å². The van der Waals surface area contributed by atoms with Crippen LogP contribution in [-0.2, 0) is 0 Å². The van der Waals surface area contributed by atoms with Gasteiger partial charge >= 0.3 is 0 Å². The summed E-state index contributed by atoms with van der Waals surface area (Å²) in [6.45, 7) is 4.26. The Morgan fingerprint density at radius 2 is 1.81 bits per heavy atom. The van der Waals surface area contributed by atoms with Crippen LogP contribution in [0.3, 0.4) is 0 Å². The zero-order chi connectivity index (χ0) is 14.6. The predicted octanol–water partition coefficient (Wildman–Crippen LogP) is 4.97. The first kappa shape index (κ1) is 12.5. The van der Waals surface area contributed by atoms with Crippen molar-refractivity contribution in [3.63, 3.8) is 0 Å². The van der Waals surface area contributed by atoms with Gasteiger partial charge in [-0.05, 0) is 55.3 Å². The molecule has 0 unspecified atom stereocenters. The summed E-state index contributed by atoms with van der Waals surface area (Å²) in [5.74, 6) is -0.225. The second kappa shape index (κ2) is 4.40. The number of rotatable bonds is 1. The Bertz CT molecular complexity index is 964. The van der Waals surface area contributed by atoms with Crippen LogP contribution in [0.4, 0.5) is 4.39 Å². The van der Waals surface area contributed by atoms with Crippen molar-refractivity contribution in [2.75, 3.05) is 0 Å². The standard InChI is InChI=1S/C17H13FN2S/c1-10-3-8-15-16(11(10)2)20-9-14(19-17(20)21-15)12-4-6-13(18)7-5-12/h3-9H,1-2H3. The van der Waals surface area contributed by atoms with Crippen molar-refractivity contribution >= 4 is 26.5 Å². The molecule has 0 radical (unpaired) electrons. The average molecular weight is 296 g/mol. The summed E-state index contributed by atoms with van der Waals surface area (Å²) in [6, 6.07) is 10.8. The van der Waals surface area contributed by atoms with Gasteiger partial charge in [0.25, 0.3) is 0 Å². The summed E-state index contributed by atoms with van der Waals surface area (Å²) >= 11 is 1.68. The number of hydrogen-bond donors (Lipinski definition) is 0. The fourth-order valence-corrected chi connectivity index (χ4v) is 3.68. The molecule has 0 aliphatic rings. The van der Waals surface area contributed by atoms with Gasteiger partial charge in [0.05, 0.1) is 15.9 Å². The van der Waals surface area contributed by atoms with E-state index in [4.69, 9.17) is 0 Å². The molecule has 0 spiro atoms. The van der Waals surface area contributed by atoms with Crippen molar-refractivity contribution < 1.29 is 4.39 Å². The minimum atomic E-state index is -0.225. The van der Waals surface area contributed by atoms with Crippen molar-refractivity contribution in [3.8, 4) is 11.3 Å². The van der Waals surface area contributed by atoms with Crippen molar-refractivity contribution in [3.05, 3.63) is 59.5 Å². The number of benzene rings is 2. The van der Waals surface area contributed by atoms with Crippen molar-refractivity contribution in [1.82, 2.24) is 9.38 Å². The first-order valence-corrected chi connectivity index (χ1v) is 7.59. The molecule has 0 aliphatic heterocycles. The van der Waals surface area contributed by atoms with Crippen LogP contribution in [0.5, 0.6) is 0 Å². The van der Waals surface area contributed by atoms with E-state index in [2.05, 4.69) is 35.4 Å². The zero-order valence-electron chi connectivity index (χ0n) is 11.7. The molecular formula is C17H13FN2S. The van der Waals surface area contributed by atoms with Gasteiger partial charge in [0.15, 0.2) is 4.96 Å². The first-order valence-electron chi connectivity index (χ1n) is 6.77. The van der Waals surface area contributed by atoms with E-state index < -0.39 is 0 Å². The van der Waals surface area contributed by atoms with E-state index in [1.807, 2.05) is 6.20 Å². The Morgan fingerprint density at radius 3 is 2.57 bits per heavy atom. The highest BCUT2D eigenvalue weighted by molar-refractivity contribution is 7.23. The average Bonchev–Trinajstić information content (AvgIpc) is 3.01. The Labute approximate surface area is 125 Å². The predicted molar refractivity (Wildman–Crippen MR) is 85.4 cm³/mol. The molecular weight excluding hydrogens is 283 g/mol. The van der Waals surface area contributed by atoms with E-state index in [1.165, 1.54) is 33.5 Å². The number of thiazole rings is 1. The smallest absolute Gasteiger partial charge is 0.195 e. The maximum atomic E-state index is 13.0. The van der Waals surface area contributed by atoms with Crippen molar-refractivity contribution in [1.29, 1.82) is 0 Å². The molecule has 4 aromatic rings. The molecule has 0 fully saturated rings. The lowest BCUT2D eigenvalue weighted by Gasteiger charge is -2.01. The molecule has 2 aromatic carbocycles. The number of halogens is 1. The summed E-state index contributed by atoms with van der Waals surface area (Å²) in [6.07, 6.45) is 2.04. The fourth-order valence-electron chi connectivity index (χ4n) is 2.61.